The zero-order chi connectivity index (χ0) is 17.3. The van der Waals surface area contributed by atoms with Crippen molar-refractivity contribution in [3.8, 4) is 0 Å². The molecule has 0 radical (unpaired) electrons. The van der Waals surface area contributed by atoms with Gasteiger partial charge in [0.1, 0.15) is 11.9 Å². The average molecular weight is 356 g/mol. The number of carbonyl (C=O) groups excluding carboxylic acids is 1. The highest BCUT2D eigenvalue weighted by molar-refractivity contribution is 6.32. The van der Waals surface area contributed by atoms with E-state index in [0.717, 1.165) is 19.3 Å². The SMILES string of the molecule is COC(=O)C1=C(c2c(F)cccc2Cl)N(C2CCCCO2)OC1C. The summed E-state index contributed by atoms with van der Waals surface area (Å²) in [6.45, 7) is 2.30. The molecule has 0 amide bonds. The van der Waals surface area contributed by atoms with E-state index in [4.69, 9.17) is 25.9 Å². The second kappa shape index (κ2) is 7.09. The number of hydrogen-bond acceptors (Lipinski definition) is 5. The molecule has 5 nitrogen and oxygen atoms in total. The normalized spacial score (nSPS) is 24.4. The Labute approximate surface area is 144 Å². The third-order valence-electron chi connectivity index (χ3n) is 4.18. The maximum Gasteiger partial charge on any atom is 0.338 e. The topological polar surface area (TPSA) is 48.0 Å². The maximum absolute atomic E-state index is 14.5. The number of benzene rings is 1. The maximum atomic E-state index is 14.5. The third-order valence-corrected chi connectivity index (χ3v) is 4.49. The van der Waals surface area contributed by atoms with Gasteiger partial charge in [0, 0.05) is 6.61 Å². The van der Waals surface area contributed by atoms with Gasteiger partial charge in [0.15, 0.2) is 6.23 Å². The summed E-state index contributed by atoms with van der Waals surface area (Å²) in [7, 11) is 1.28. The highest BCUT2D eigenvalue weighted by atomic mass is 35.5. The Morgan fingerprint density at radius 1 is 1.42 bits per heavy atom. The van der Waals surface area contributed by atoms with Gasteiger partial charge in [-0.25, -0.2) is 14.2 Å². The minimum atomic E-state index is -0.589. The van der Waals surface area contributed by atoms with Gasteiger partial charge in [0.05, 0.1) is 29.0 Å². The van der Waals surface area contributed by atoms with Crippen LogP contribution in [-0.4, -0.2) is 37.1 Å². The Morgan fingerprint density at radius 2 is 2.21 bits per heavy atom. The molecule has 0 N–H and O–H groups in total. The summed E-state index contributed by atoms with van der Waals surface area (Å²) in [5, 5.41) is 1.67. The van der Waals surface area contributed by atoms with E-state index >= 15 is 0 Å². The monoisotopic (exact) mass is 355 g/mol. The molecule has 0 bridgehead atoms. The van der Waals surface area contributed by atoms with Crippen LogP contribution in [0.3, 0.4) is 0 Å². The second-order valence-corrected chi connectivity index (χ2v) is 6.15. The van der Waals surface area contributed by atoms with Crippen LogP contribution in [0.4, 0.5) is 4.39 Å². The van der Waals surface area contributed by atoms with Crippen LogP contribution in [0.1, 0.15) is 31.7 Å². The fraction of sp³-hybridized carbons (Fsp3) is 0.471. The molecule has 7 heteroatoms. The standard InChI is InChI=1S/C17H19ClFNO4/c1-10-14(17(21)22-2)16(15-11(18)6-5-7-12(15)19)20(24-10)13-8-3-4-9-23-13/h5-7,10,13H,3-4,8-9H2,1-2H3. The molecule has 3 rings (SSSR count). The summed E-state index contributed by atoms with van der Waals surface area (Å²) in [5.74, 6) is -1.10. The Kier molecular flexibility index (Phi) is 5.08. The van der Waals surface area contributed by atoms with Crippen LogP contribution in [-0.2, 0) is 19.1 Å². The predicted octanol–water partition coefficient (Wildman–Crippen LogP) is 3.53. The largest absolute Gasteiger partial charge is 0.466 e. The van der Waals surface area contributed by atoms with Crippen LogP contribution in [0.2, 0.25) is 5.02 Å². The van der Waals surface area contributed by atoms with Gasteiger partial charge < -0.3 is 9.47 Å². The number of ether oxygens (including phenoxy) is 2. The molecule has 24 heavy (non-hydrogen) atoms. The van der Waals surface area contributed by atoms with E-state index in [0.29, 0.717) is 6.61 Å². The predicted molar refractivity (Wildman–Crippen MR) is 86.3 cm³/mol. The number of carbonyl (C=O) groups is 1. The average Bonchev–Trinajstić information content (AvgIpc) is 2.92. The smallest absolute Gasteiger partial charge is 0.338 e. The van der Waals surface area contributed by atoms with Crippen molar-refractivity contribution < 1.29 is 23.5 Å². The van der Waals surface area contributed by atoms with Gasteiger partial charge in [-0.1, -0.05) is 17.7 Å². The lowest BCUT2D eigenvalue weighted by molar-refractivity contribution is -0.226. The van der Waals surface area contributed by atoms with Crippen molar-refractivity contribution >= 4 is 23.3 Å². The minimum Gasteiger partial charge on any atom is -0.466 e. The Balaban J connectivity index is 2.14. The van der Waals surface area contributed by atoms with Crippen molar-refractivity contribution in [2.45, 2.75) is 38.5 Å². The van der Waals surface area contributed by atoms with Crippen LogP contribution in [0.15, 0.2) is 23.8 Å². The molecule has 2 aliphatic heterocycles. The summed E-state index contributed by atoms with van der Waals surface area (Å²) in [6.07, 6.45) is 1.66. The van der Waals surface area contributed by atoms with Crippen LogP contribution >= 0.6 is 11.6 Å². The zero-order valence-electron chi connectivity index (χ0n) is 13.6. The Morgan fingerprint density at radius 3 is 2.83 bits per heavy atom. The molecule has 2 unspecified atom stereocenters. The number of methoxy groups -OCH3 is 1. The van der Waals surface area contributed by atoms with Gasteiger partial charge in [0.25, 0.3) is 0 Å². The molecule has 2 aliphatic rings. The van der Waals surface area contributed by atoms with Crippen LogP contribution < -0.4 is 0 Å². The number of esters is 1. The molecule has 1 fully saturated rings. The van der Waals surface area contributed by atoms with Gasteiger partial charge in [0.2, 0.25) is 0 Å². The van der Waals surface area contributed by atoms with E-state index in [1.807, 2.05) is 0 Å². The van der Waals surface area contributed by atoms with Gasteiger partial charge in [-0.05, 0) is 38.3 Å². The molecule has 1 saturated heterocycles. The molecule has 0 saturated carbocycles. The quantitative estimate of drug-likeness (QED) is 0.776. The first-order valence-electron chi connectivity index (χ1n) is 7.89. The Hall–Kier alpha value is -1.63. The van der Waals surface area contributed by atoms with E-state index in [1.165, 1.54) is 24.3 Å². The number of hydroxylamine groups is 2. The highest BCUT2D eigenvalue weighted by Gasteiger charge is 2.41. The van der Waals surface area contributed by atoms with E-state index in [2.05, 4.69) is 0 Å². The number of halogens is 2. The highest BCUT2D eigenvalue weighted by Crippen LogP contribution is 2.41. The molecule has 0 aromatic heterocycles. The number of rotatable bonds is 3. The summed E-state index contributed by atoms with van der Waals surface area (Å²) in [4.78, 5) is 18.1. The molecule has 130 valence electrons. The molecule has 1 aromatic rings. The molecule has 0 aliphatic carbocycles. The lowest BCUT2D eigenvalue weighted by Crippen LogP contribution is -2.37. The first kappa shape index (κ1) is 17.2. The van der Waals surface area contributed by atoms with Crippen molar-refractivity contribution in [2.75, 3.05) is 13.7 Å². The van der Waals surface area contributed by atoms with E-state index in [-0.39, 0.29) is 21.9 Å². The second-order valence-electron chi connectivity index (χ2n) is 5.75. The van der Waals surface area contributed by atoms with Crippen molar-refractivity contribution in [3.63, 3.8) is 0 Å². The van der Waals surface area contributed by atoms with Crippen LogP contribution in [0, 0.1) is 5.82 Å². The lowest BCUT2D eigenvalue weighted by Gasteiger charge is -2.33. The Bertz CT molecular complexity index is 652. The summed E-state index contributed by atoms with van der Waals surface area (Å²) in [5.41, 5.74) is 0.640. The van der Waals surface area contributed by atoms with Crippen LogP contribution in [0.25, 0.3) is 5.70 Å². The zero-order valence-corrected chi connectivity index (χ0v) is 14.3. The lowest BCUT2D eigenvalue weighted by atomic mass is 10.0. The molecule has 2 atom stereocenters. The molecular formula is C17H19ClFNO4. The molecule has 0 spiro atoms. The third kappa shape index (κ3) is 3.01. The van der Waals surface area contributed by atoms with Crippen molar-refractivity contribution in [1.29, 1.82) is 0 Å². The van der Waals surface area contributed by atoms with Crippen molar-refractivity contribution in [2.24, 2.45) is 0 Å². The molecule has 1 aromatic carbocycles. The van der Waals surface area contributed by atoms with Gasteiger partial charge in [-0.3, -0.25) is 4.84 Å². The molecule has 2 heterocycles. The van der Waals surface area contributed by atoms with Crippen molar-refractivity contribution in [3.05, 3.63) is 40.2 Å². The number of hydrogen-bond donors (Lipinski definition) is 0. The fourth-order valence-electron chi connectivity index (χ4n) is 3.05. The minimum absolute atomic E-state index is 0.123. The van der Waals surface area contributed by atoms with Gasteiger partial charge in [-0.15, -0.1) is 0 Å². The van der Waals surface area contributed by atoms with E-state index < -0.39 is 24.1 Å². The van der Waals surface area contributed by atoms with Crippen LogP contribution in [0.5, 0.6) is 0 Å². The van der Waals surface area contributed by atoms with Gasteiger partial charge in [-0.2, -0.15) is 0 Å². The fourth-order valence-corrected chi connectivity index (χ4v) is 3.30. The summed E-state index contributed by atoms with van der Waals surface area (Å²) in [6, 6.07) is 4.39. The first-order chi connectivity index (χ1) is 11.5. The first-order valence-corrected chi connectivity index (χ1v) is 8.27. The summed E-state index contributed by atoms with van der Waals surface area (Å²) >= 11 is 6.23. The van der Waals surface area contributed by atoms with Gasteiger partial charge >= 0.3 is 5.97 Å². The number of nitrogens with zero attached hydrogens (tertiary/aromatic N) is 1. The molecular weight excluding hydrogens is 337 g/mol. The van der Waals surface area contributed by atoms with Crippen molar-refractivity contribution in [1.82, 2.24) is 5.06 Å². The van der Waals surface area contributed by atoms with E-state index in [1.54, 1.807) is 13.0 Å². The van der Waals surface area contributed by atoms with E-state index in [9.17, 15) is 9.18 Å². The summed E-state index contributed by atoms with van der Waals surface area (Å²) < 4.78 is 25.1.